The quantitative estimate of drug-likeness (QED) is 0.0420. The van der Waals surface area contributed by atoms with Gasteiger partial charge in [0.05, 0.1) is 0 Å². The average molecular weight is 671 g/mol. The number of hydrogen-bond donors (Lipinski definition) is 0. The van der Waals surface area contributed by atoms with E-state index in [9.17, 15) is 14.4 Å². The zero-order valence-electron chi connectivity index (χ0n) is 30.9. The third-order valence-electron chi connectivity index (χ3n) is 8.74. The molecule has 0 aliphatic carbocycles. The number of allylic oxidation sites excluding steroid dienone is 4. The summed E-state index contributed by atoms with van der Waals surface area (Å²) >= 11 is 0. The molecule has 0 aliphatic rings. The second-order valence-corrected chi connectivity index (χ2v) is 13.4. The molecule has 0 saturated carbocycles. The van der Waals surface area contributed by atoms with E-state index in [1.807, 2.05) is 0 Å². The molecule has 274 valence electrons. The summed E-state index contributed by atoms with van der Waals surface area (Å²) in [5.41, 5.74) is -0.456. The molecule has 48 heavy (non-hydrogen) atoms. The van der Waals surface area contributed by atoms with Crippen molar-refractivity contribution >= 4 is 11.9 Å². The fraction of sp³-hybridized carbons (Fsp3) is 0.738. The lowest BCUT2D eigenvalue weighted by Crippen LogP contribution is -2.15. The number of unbranched alkanes of at least 4 members (excludes halogenated alkanes) is 22. The van der Waals surface area contributed by atoms with Crippen LogP contribution in [0.2, 0.25) is 0 Å². The molecule has 6 nitrogen and oxygen atoms in total. The number of ether oxygens (including phenoxy) is 2. The molecule has 0 unspecified atom stereocenters. The predicted octanol–water partition coefficient (Wildman–Crippen LogP) is 12.7. The highest BCUT2D eigenvalue weighted by atomic mass is 16.6. The van der Waals surface area contributed by atoms with Crippen molar-refractivity contribution < 1.29 is 23.5 Å². The van der Waals surface area contributed by atoms with Crippen molar-refractivity contribution in [2.75, 3.05) is 0 Å². The molecule has 0 aromatic carbocycles. The summed E-state index contributed by atoms with van der Waals surface area (Å²) in [5.74, 6) is -0.629. The highest BCUT2D eigenvalue weighted by Crippen LogP contribution is 2.14. The number of esters is 2. The SMILES string of the molecule is CCCCCCCC/C=C\CCCCCCCC(=O)OCc1cc(=O)c(OC(=O)CCCCCCC/C=C/CCCCCCCC)co1. The van der Waals surface area contributed by atoms with Crippen molar-refractivity contribution in [3.63, 3.8) is 0 Å². The Hall–Kier alpha value is -2.63. The molecule has 6 heteroatoms. The number of carbonyl (C=O) groups excluding carboxylic acids is 2. The van der Waals surface area contributed by atoms with E-state index < -0.39 is 11.4 Å². The van der Waals surface area contributed by atoms with Gasteiger partial charge >= 0.3 is 11.9 Å². The molecular formula is C42H70O6. The Morgan fingerprint density at radius 3 is 1.40 bits per heavy atom. The molecule has 0 radical (unpaired) electrons. The van der Waals surface area contributed by atoms with Gasteiger partial charge in [0.25, 0.3) is 0 Å². The van der Waals surface area contributed by atoms with Crippen molar-refractivity contribution in [2.24, 2.45) is 0 Å². The lowest BCUT2D eigenvalue weighted by molar-refractivity contribution is -0.145. The Kier molecular flexibility index (Phi) is 29.7. The summed E-state index contributed by atoms with van der Waals surface area (Å²) in [7, 11) is 0. The second kappa shape index (κ2) is 32.9. The van der Waals surface area contributed by atoms with Crippen molar-refractivity contribution in [3.8, 4) is 5.75 Å². The maximum absolute atomic E-state index is 12.4. The Morgan fingerprint density at radius 2 is 0.958 bits per heavy atom. The van der Waals surface area contributed by atoms with E-state index in [0.29, 0.717) is 6.42 Å². The Labute approximate surface area is 293 Å². The van der Waals surface area contributed by atoms with Gasteiger partial charge < -0.3 is 13.9 Å². The zero-order chi connectivity index (χ0) is 34.8. The van der Waals surface area contributed by atoms with Gasteiger partial charge in [-0.2, -0.15) is 0 Å². The maximum atomic E-state index is 12.4. The number of carbonyl (C=O) groups is 2. The van der Waals surface area contributed by atoms with E-state index in [-0.39, 0.29) is 30.5 Å². The lowest BCUT2D eigenvalue weighted by atomic mass is 10.1. The van der Waals surface area contributed by atoms with Crippen LogP contribution < -0.4 is 10.2 Å². The normalized spacial score (nSPS) is 11.5. The number of hydrogen-bond acceptors (Lipinski definition) is 6. The summed E-state index contributed by atoms with van der Waals surface area (Å²) in [5, 5.41) is 0. The molecule has 0 N–H and O–H groups in total. The van der Waals surface area contributed by atoms with Crippen molar-refractivity contribution in [3.05, 3.63) is 52.6 Å². The minimum Gasteiger partial charge on any atom is -0.462 e. The minimum absolute atomic E-state index is 0.109. The molecule has 0 spiro atoms. The van der Waals surface area contributed by atoms with Gasteiger partial charge in [0.2, 0.25) is 11.2 Å². The lowest BCUT2D eigenvalue weighted by Gasteiger charge is -2.06. The van der Waals surface area contributed by atoms with E-state index in [0.717, 1.165) is 64.1 Å². The van der Waals surface area contributed by atoms with Gasteiger partial charge in [-0.1, -0.05) is 141 Å². The van der Waals surface area contributed by atoms with Crippen molar-refractivity contribution in [2.45, 2.75) is 200 Å². The second-order valence-electron chi connectivity index (χ2n) is 13.4. The van der Waals surface area contributed by atoms with Crippen molar-refractivity contribution in [1.29, 1.82) is 0 Å². The highest BCUT2D eigenvalue weighted by molar-refractivity contribution is 5.72. The van der Waals surface area contributed by atoms with E-state index in [2.05, 4.69) is 38.2 Å². The first-order valence-electron chi connectivity index (χ1n) is 19.8. The van der Waals surface area contributed by atoms with Crippen LogP contribution in [0.5, 0.6) is 5.75 Å². The minimum atomic E-state index is -0.456. The Balaban J connectivity index is 2.02. The van der Waals surface area contributed by atoms with Crippen LogP contribution in [0.15, 0.2) is 45.8 Å². The molecule has 0 atom stereocenters. The van der Waals surface area contributed by atoms with E-state index in [1.54, 1.807) is 0 Å². The molecule has 0 saturated heterocycles. The standard InChI is InChI=1S/C42H70O6/c1-3-5-7-9-11-13-15-17-19-21-23-25-27-29-31-33-41(44)47-36-38-35-39(43)40(37-46-38)48-42(45)34-32-30-28-26-24-22-20-18-16-14-12-10-8-6-4-2/h17-20,35,37H,3-16,21-34,36H2,1-2H3/b19-17-,20-18+. The molecule has 1 aromatic rings. The molecule has 0 amide bonds. The van der Waals surface area contributed by atoms with Gasteiger partial charge in [0.15, 0.2) is 0 Å². The largest absolute Gasteiger partial charge is 0.462 e. The van der Waals surface area contributed by atoms with Crippen LogP contribution in [-0.4, -0.2) is 11.9 Å². The topological polar surface area (TPSA) is 82.8 Å². The first-order valence-corrected chi connectivity index (χ1v) is 19.8. The molecule has 0 bridgehead atoms. The summed E-state index contributed by atoms with van der Waals surface area (Å²) in [6.45, 7) is 4.40. The maximum Gasteiger partial charge on any atom is 0.311 e. The molecular weight excluding hydrogens is 600 g/mol. The first-order chi connectivity index (χ1) is 23.6. The van der Waals surface area contributed by atoms with E-state index >= 15 is 0 Å². The summed E-state index contributed by atoms with van der Waals surface area (Å²) < 4.78 is 15.9. The van der Waals surface area contributed by atoms with Crippen LogP contribution in [0.4, 0.5) is 0 Å². The molecule has 0 fully saturated rings. The van der Waals surface area contributed by atoms with Gasteiger partial charge in [-0.25, -0.2) is 0 Å². The third-order valence-corrected chi connectivity index (χ3v) is 8.74. The van der Waals surface area contributed by atoms with Gasteiger partial charge in [-0.3, -0.25) is 14.4 Å². The van der Waals surface area contributed by atoms with Gasteiger partial charge in [-0.15, -0.1) is 0 Å². The van der Waals surface area contributed by atoms with Gasteiger partial charge in [0, 0.05) is 18.9 Å². The van der Waals surface area contributed by atoms with Crippen LogP contribution >= 0.6 is 0 Å². The summed E-state index contributed by atoms with van der Waals surface area (Å²) in [4.78, 5) is 36.7. The molecule has 1 heterocycles. The average Bonchev–Trinajstić information content (AvgIpc) is 3.08. The molecule has 0 aliphatic heterocycles. The summed E-state index contributed by atoms with van der Waals surface area (Å²) in [6.07, 6.45) is 42.2. The fourth-order valence-corrected chi connectivity index (χ4v) is 5.67. The van der Waals surface area contributed by atoms with Crippen LogP contribution in [0, 0.1) is 0 Å². The van der Waals surface area contributed by atoms with E-state index in [1.165, 1.54) is 115 Å². The van der Waals surface area contributed by atoms with Crippen LogP contribution in [0.3, 0.4) is 0 Å². The number of rotatable bonds is 33. The predicted molar refractivity (Wildman–Crippen MR) is 199 cm³/mol. The van der Waals surface area contributed by atoms with Crippen LogP contribution in [-0.2, 0) is 20.9 Å². The van der Waals surface area contributed by atoms with Gasteiger partial charge in [-0.05, 0) is 64.2 Å². The monoisotopic (exact) mass is 671 g/mol. The smallest absolute Gasteiger partial charge is 0.311 e. The zero-order valence-corrected chi connectivity index (χ0v) is 30.9. The first kappa shape index (κ1) is 43.4. The third kappa shape index (κ3) is 27.3. The fourth-order valence-electron chi connectivity index (χ4n) is 5.67. The molecule has 1 aromatic heterocycles. The van der Waals surface area contributed by atoms with Crippen molar-refractivity contribution in [1.82, 2.24) is 0 Å². The Morgan fingerprint density at radius 1 is 0.562 bits per heavy atom. The molecule has 1 rings (SSSR count). The van der Waals surface area contributed by atoms with Crippen LogP contribution in [0.1, 0.15) is 199 Å². The summed E-state index contributed by atoms with van der Waals surface area (Å²) in [6, 6.07) is 1.22. The highest BCUT2D eigenvalue weighted by Gasteiger charge is 2.12. The van der Waals surface area contributed by atoms with Gasteiger partial charge in [0.1, 0.15) is 18.6 Å². The van der Waals surface area contributed by atoms with Crippen LogP contribution in [0.25, 0.3) is 0 Å². The Bertz CT molecular complexity index is 1020. The van der Waals surface area contributed by atoms with E-state index in [4.69, 9.17) is 13.9 Å².